The number of hydrogen-bond donors (Lipinski definition) is 0. The smallest absolute Gasteiger partial charge is 0.312 e. The summed E-state index contributed by atoms with van der Waals surface area (Å²) in [5.41, 5.74) is 1.29. The van der Waals surface area contributed by atoms with Gasteiger partial charge in [-0.05, 0) is 26.0 Å². The molecule has 0 N–H and O–H groups in total. The van der Waals surface area contributed by atoms with Gasteiger partial charge in [0, 0.05) is 5.69 Å². The van der Waals surface area contributed by atoms with Crippen molar-refractivity contribution in [3.05, 3.63) is 42.0 Å². The van der Waals surface area contributed by atoms with Crippen LogP contribution in [0.5, 0.6) is 0 Å². The van der Waals surface area contributed by atoms with Crippen molar-refractivity contribution in [1.82, 2.24) is 0 Å². The molecule has 4 unspecified atom stereocenters. The van der Waals surface area contributed by atoms with E-state index in [1.54, 1.807) is 11.8 Å². The highest BCUT2D eigenvalue weighted by Gasteiger charge is 2.67. The van der Waals surface area contributed by atoms with Gasteiger partial charge in [0.05, 0.1) is 25.2 Å². The highest BCUT2D eigenvalue weighted by atomic mass is 16.6. The fraction of sp³-hybridized carbons (Fsp3) is 0.444. The number of fused-ring (bicyclic) bond motifs is 1. The lowest BCUT2D eigenvalue weighted by Crippen LogP contribution is -2.40. The van der Waals surface area contributed by atoms with Crippen molar-refractivity contribution < 1.29 is 19.1 Å². The topological polar surface area (TPSA) is 55.8 Å². The standard InChI is InChI=1S/C18H19NO4/c1-3-22-17(21)14-13-8-9-18(23-13)10-19(16(20)15(14)18)12-6-4-11(2)5-7-12/h4-9,13-15H,3,10H2,1-2H3. The molecule has 2 fully saturated rings. The number of amides is 1. The number of anilines is 1. The Morgan fingerprint density at radius 2 is 2.13 bits per heavy atom. The summed E-state index contributed by atoms with van der Waals surface area (Å²) in [6.45, 7) is 4.53. The lowest BCUT2D eigenvalue weighted by atomic mass is 9.77. The van der Waals surface area contributed by atoms with E-state index >= 15 is 0 Å². The molecule has 120 valence electrons. The van der Waals surface area contributed by atoms with Gasteiger partial charge in [-0.15, -0.1) is 0 Å². The maximum absolute atomic E-state index is 13.0. The maximum Gasteiger partial charge on any atom is 0.312 e. The van der Waals surface area contributed by atoms with Crippen molar-refractivity contribution in [2.45, 2.75) is 25.6 Å². The van der Waals surface area contributed by atoms with E-state index in [4.69, 9.17) is 9.47 Å². The van der Waals surface area contributed by atoms with Gasteiger partial charge in [0.25, 0.3) is 0 Å². The first-order chi connectivity index (χ1) is 11.1. The summed E-state index contributed by atoms with van der Waals surface area (Å²) in [4.78, 5) is 27.0. The zero-order chi connectivity index (χ0) is 16.2. The Morgan fingerprint density at radius 3 is 2.83 bits per heavy atom. The number of ether oxygens (including phenoxy) is 2. The van der Waals surface area contributed by atoms with Crippen molar-refractivity contribution in [3.8, 4) is 0 Å². The Morgan fingerprint density at radius 1 is 1.39 bits per heavy atom. The molecule has 5 nitrogen and oxygen atoms in total. The first kappa shape index (κ1) is 14.5. The number of hydrogen-bond acceptors (Lipinski definition) is 4. The van der Waals surface area contributed by atoms with E-state index in [1.807, 2.05) is 43.3 Å². The van der Waals surface area contributed by atoms with E-state index in [9.17, 15) is 9.59 Å². The van der Waals surface area contributed by atoms with Gasteiger partial charge < -0.3 is 14.4 Å². The van der Waals surface area contributed by atoms with E-state index in [2.05, 4.69) is 0 Å². The molecule has 5 heteroatoms. The van der Waals surface area contributed by atoms with Crippen LogP contribution >= 0.6 is 0 Å². The van der Waals surface area contributed by atoms with Crippen LogP contribution in [0.25, 0.3) is 0 Å². The summed E-state index contributed by atoms with van der Waals surface area (Å²) in [6.07, 6.45) is 3.50. The van der Waals surface area contributed by atoms with Gasteiger partial charge in [-0.25, -0.2) is 0 Å². The third-order valence-electron chi connectivity index (χ3n) is 5.00. The highest BCUT2D eigenvalue weighted by molar-refractivity contribution is 6.02. The first-order valence-electron chi connectivity index (χ1n) is 7.97. The molecule has 23 heavy (non-hydrogen) atoms. The monoisotopic (exact) mass is 313 g/mol. The van der Waals surface area contributed by atoms with Gasteiger partial charge in [0.1, 0.15) is 11.5 Å². The van der Waals surface area contributed by atoms with Crippen LogP contribution in [0, 0.1) is 18.8 Å². The molecular formula is C18H19NO4. The Hall–Kier alpha value is -2.14. The van der Waals surface area contributed by atoms with E-state index in [0.717, 1.165) is 11.3 Å². The van der Waals surface area contributed by atoms with Gasteiger partial charge in [-0.2, -0.15) is 0 Å². The third kappa shape index (κ3) is 1.96. The van der Waals surface area contributed by atoms with Gasteiger partial charge in [-0.3, -0.25) is 9.59 Å². The summed E-state index contributed by atoms with van der Waals surface area (Å²) >= 11 is 0. The zero-order valence-corrected chi connectivity index (χ0v) is 13.2. The number of rotatable bonds is 3. The summed E-state index contributed by atoms with van der Waals surface area (Å²) in [7, 11) is 0. The Kier molecular flexibility index (Phi) is 3.10. The van der Waals surface area contributed by atoms with Crippen LogP contribution in [0.3, 0.4) is 0 Å². The van der Waals surface area contributed by atoms with E-state index in [-0.39, 0.29) is 18.0 Å². The van der Waals surface area contributed by atoms with Gasteiger partial charge in [0.2, 0.25) is 5.91 Å². The fourth-order valence-electron chi connectivity index (χ4n) is 3.95. The zero-order valence-electron chi connectivity index (χ0n) is 13.2. The quantitative estimate of drug-likeness (QED) is 0.631. The lowest BCUT2D eigenvalue weighted by Gasteiger charge is -2.22. The minimum absolute atomic E-state index is 0.0567. The molecule has 3 heterocycles. The van der Waals surface area contributed by atoms with Crippen molar-refractivity contribution in [1.29, 1.82) is 0 Å². The molecule has 3 aliphatic heterocycles. The fourth-order valence-corrected chi connectivity index (χ4v) is 3.95. The molecule has 2 bridgehead atoms. The summed E-state index contributed by atoms with van der Waals surface area (Å²) in [5.74, 6) is -1.42. The number of esters is 1. The molecule has 0 aromatic heterocycles. The van der Waals surface area contributed by atoms with Crippen LogP contribution in [0.15, 0.2) is 36.4 Å². The highest BCUT2D eigenvalue weighted by Crippen LogP contribution is 2.52. The largest absolute Gasteiger partial charge is 0.466 e. The van der Waals surface area contributed by atoms with E-state index in [0.29, 0.717) is 13.2 Å². The molecule has 0 saturated carbocycles. The first-order valence-corrected chi connectivity index (χ1v) is 7.97. The number of aryl methyl sites for hydroxylation is 1. The molecule has 4 rings (SSSR count). The molecule has 1 aromatic carbocycles. The SMILES string of the molecule is CCOC(=O)C1C2C=CC3(CN(c4ccc(C)cc4)C(=O)C13)O2. The molecule has 1 amide bonds. The number of nitrogens with zero attached hydrogens (tertiary/aromatic N) is 1. The third-order valence-corrected chi connectivity index (χ3v) is 5.00. The second kappa shape index (κ2) is 4.93. The molecule has 0 aliphatic carbocycles. The second-order valence-corrected chi connectivity index (χ2v) is 6.41. The van der Waals surface area contributed by atoms with Crippen molar-refractivity contribution in [2.24, 2.45) is 11.8 Å². The predicted molar refractivity (Wildman–Crippen MR) is 83.9 cm³/mol. The Labute approximate surface area is 134 Å². The maximum atomic E-state index is 13.0. The summed E-state index contributed by atoms with van der Waals surface area (Å²) in [5, 5.41) is 0. The molecular weight excluding hydrogens is 294 g/mol. The number of carbonyl (C=O) groups excluding carboxylic acids is 2. The Balaban J connectivity index is 1.68. The van der Waals surface area contributed by atoms with Gasteiger partial charge in [-0.1, -0.05) is 29.8 Å². The van der Waals surface area contributed by atoms with Crippen LogP contribution in [-0.2, 0) is 19.1 Å². The normalized spacial score (nSPS) is 34.1. The van der Waals surface area contributed by atoms with Crippen LogP contribution in [0.2, 0.25) is 0 Å². The van der Waals surface area contributed by atoms with E-state index < -0.39 is 17.4 Å². The average molecular weight is 313 g/mol. The van der Waals surface area contributed by atoms with Crippen LogP contribution in [0.1, 0.15) is 12.5 Å². The average Bonchev–Trinajstić information content (AvgIpc) is 3.17. The van der Waals surface area contributed by atoms with Gasteiger partial charge >= 0.3 is 5.97 Å². The molecule has 4 atom stereocenters. The molecule has 1 aromatic rings. The minimum atomic E-state index is -0.690. The van der Waals surface area contributed by atoms with Crippen molar-refractivity contribution >= 4 is 17.6 Å². The van der Waals surface area contributed by atoms with Crippen molar-refractivity contribution in [3.63, 3.8) is 0 Å². The number of carbonyl (C=O) groups is 2. The lowest BCUT2D eigenvalue weighted by molar-refractivity contribution is -0.151. The van der Waals surface area contributed by atoms with Gasteiger partial charge in [0.15, 0.2) is 0 Å². The van der Waals surface area contributed by atoms with E-state index in [1.165, 1.54) is 0 Å². The molecule has 3 aliphatic rings. The van der Waals surface area contributed by atoms with Crippen LogP contribution in [-0.4, -0.2) is 36.7 Å². The molecule has 1 spiro atoms. The second-order valence-electron chi connectivity index (χ2n) is 6.41. The number of benzene rings is 1. The Bertz CT molecular complexity index is 695. The summed E-state index contributed by atoms with van der Waals surface area (Å²) < 4.78 is 11.2. The van der Waals surface area contributed by atoms with Crippen LogP contribution in [0.4, 0.5) is 5.69 Å². The minimum Gasteiger partial charge on any atom is -0.466 e. The molecule has 0 radical (unpaired) electrons. The molecule has 2 saturated heterocycles. The summed E-state index contributed by atoms with van der Waals surface area (Å²) in [6, 6.07) is 7.82. The predicted octanol–water partition coefficient (Wildman–Crippen LogP) is 1.84. The van der Waals surface area contributed by atoms with Crippen molar-refractivity contribution in [2.75, 3.05) is 18.1 Å². The van der Waals surface area contributed by atoms with Crippen LogP contribution < -0.4 is 4.90 Å².